The predicted octanol–water partition coefficient (Wildman–Crippen LogP) is 16.0. The fourth-order valence-electron chi connectivity index (χ4n) is 6.44. The van der Waals surface area contributed by atoms with Gasteiger partial charge in [-0.25, -0.2) is 0 Å². The van der Waals surface area contributed by atoms with Gasteiger partial charge in [0.2, 0.25) is 0 Å². The minimum absolute atomic E-state index is 0.0896. The monoisotopic (exact) mass is 835 g/mol. The third-order valence-electron chi connectivity index (χ3n) is 10.1. The van der Waals surface area contributed by atoms with E-state index in [1.54, 1.807) is 0 Å². The Kier molecular flexibility index (Phi) is 45.5. The van der Waals surface area contributed by atoms with Gasteiger partial charge in [0.25, 0.3) is 0 Å². The molecule has 6 nitrogen and oxygen atoms in total. The summed E-state index contributed by atoms with van der Waals surface area (Å²) >= 11 is 0. The van der Waals surface area contributed by atoms with Crippen molar-refractivity contribution < 1.29 is 28.6 Å². The fraction of sp³-hybridized carbons (Fsp3) is 0.685. The zero-order valence-corrected chi connectivity index (χ0v) is 38.9. The summed E-state index contributed by atoms with van der Waals surface area (Å²) in [7, 11) is 0. The van der Waals surface area contributed by atoms with E-state index < -0.39 is 6.10 Å². The number of ether oxygens (including phenoxy) is 3. The summed E-state index contributed by atoms with van der Waals surface area (Å²) in [6.07, 6.45) is 61.7. The number of allylic oxidation sites excluding steroid dienone is 14. The van der Waals surface area contributed by atoms with E-state index in [9.17, 15) is 14.4 Å². The van der Waals surface area contributed by atoms with Crippen molar-refractivity contribution in [1.29, 1.82) is 0 Å². The molecule has 0 radical (unpaired) electrons. The molecule has 0 fully saturated rings. The van der Waals surface area contributed by atoms with Crippen molar-refractivity contribution in [3.05, 3.63) is 85.1 Å². The fourth-order valence-corrected chi connectivity index (χ4v) is 6.44. The molecule has 1 unspecified atom stereocenters. The van der Waals surface area contributed by atoms with E-state index in [0.717, 1.165) is 128 Å². The van der Waals surface area contributed by atoms with Crippen LogP contribution in [-0.4, -0.2) is 37.2 Å². The van der Waals surface area contributed by atoms with Gasteiger partial charge in [0, 0.05) is 19.3 Å². The Morgan fingerprint density at radius 1 is 0.350 bits per heavy atom. The summed E-state index contributed by atoms with van der Waals surface area (Å²) in [6, 6.07) is 0. The molecule has 60 heavy (non-hydrogen) atoms. The normalized spacial score (nSPS) is 12.8. The number of carbonyl (C=O) groups excluding carboxylic acids is 3. The van der Waals surface area contributed by atoms with Crippen molar-refractivity contribution in [2.24, 2.45) is 0 Å². The molecule has 0 aliphatic rings. The lowest BCUT2D eigenvalue weighted by atomic mass is 10.1. The van der Waals surface area contributed by atoms with Crippen LogP contribution in [0.4, 0.5) is 0 Å². The van der Waals surface area contributed by atoms with Crippen LogP contribution in [0.15, 0.2) is 85.1 Å². The molecular formula is C54H90O6. The number of hydrogen-bond donors (Lipinski definition) is 0. The van der Waals surface area contributed by atoms with Gasteiger partial charge < -0.3 is 14.2 Å². The van der Waals surface area contributed by atoms with Gasteiger partial charge in [-0.1, -0.05) is 189 Å². The van der Waals surface area contributed by atoms with Crippen molar-refractivity contribution in [3.8, 4) is 0 Å². The number of unbranched alkanes of at least 4 members (excludes halogenated alkanes) is 18. The molecule has 0 amide bonds. The predicted molar refractivity (Wildman–Crippen MR) is 256 cm³/mol. The Labute approximate surface area is 369 Å². The molecule has 0 bridgehead atoms. The van der Waals surface area contributed by atoms with Gasteiger partial charge in [0.05, 0.1) is 0 Å². The van der Waals surface area contributed by atoms with E-state index in [1.165, 1.54) is 51.4 Å². The summed E-state index contributed by atoms with van der Waals surface area (Å²) in [6.45, 7) is 6.39. The quantitative estimate of drug-likeness (QED) is 0.0263. The summed E-state index contributed by atoms with van der Waals surface area (Å²) in [4.78, 5) is 37.6. The summed E-state index contributed by atoms with van der Waals surface area (Å²) in [5.41, 5.74) is 0. The first-order valence-electron chi connectivity index (χ1n) is 24.6. The Bertz CT molecular complexity index is 1190. The zero-order valence-electron chi connectivity index (χ0n) is 38.9. The van der Waals surface area contributed by atoms with Crippen LogP contribution in [0.2, 0.25) is 0 Å². The standard InChI is InChI=1S/C54H90O6/c1-4-7-10-13-15-17-19-21-23-24-25-26-27-28-29-30-31-33-34-36-38-41-44-47-53(56)59-50-51(49-58-52(55)46-43-40-12-9-6-3)60-54(57)48-45-42-39-37-35-32-22-20-18-16-14-11-8-5-2/h7,10,15,17,20-23,25-26,28-29,31,33,51H,4-6,8-9,11-14,16,18-19,24,27,30,32,34-50H2,1-3H3/b10-7-,17-15-,22-20-,23-21-,26-25-,29-28-,33-31-. The van der Waals surface area contributed by atoms with Gasteiger partial charge in [0.1, 0.15) is 13.2 Å². The highest BCUT2D eigenvalue weighted by atomic mass is 16.6. The zero-order chi connectivity index (χ0) is 43.7. The van der Waals surface area contributed by atoms with Gasteiger partial charge in [-0.3, -0.25) is 14.4 Å². The molecular weight excluding hydrogens is 745 g/mol. The van der Waals surface area contributed by atoms with E-state index in [0.29, 0.717) is 19.3 Å². The molecule has 0 rings (SSSR count). The second-order valence-corrected chi connectivity index (χ2v) is 16.0. The van der Waals surface area contributed by atoms with Crippen LogP contribution in [-0.2, 0) is 28.6 Å². The number of carbonyl (C=O) groups is 3. The van der Waals surface area contributed by atoms with Crippen LogP contribution in [0.3, 0.4) is 0 Å². The number of hydrogen-bond acceptors (Lipinski definition) is 6. The van der Waals surface area contributed by atoms with Gasteiger partial charge in [0.15, 0.2) is 6.10 Å². The lowest BCUT2D eigenvalue weighted by molar-refractivity contribution is -0.167. The highest BCUT2D eigenvalue weighted by molar-refractivity contribution is 5.71. The van der Waals surface area contributed by atoms with E-state index in [4.69, 9.17) is 14.2 Å². The maximum absolute atomic E-state index is 12.7. The highest BCUT2D eigenvalue weighted by Gasteiger charge is 2.19. The smallest absolute Gasteiger partial charge is 0.306 e. The van der Waals surface area contributed by atoms with Crippen LogP contribution in [0.25, 0.3) is 0 Å². The van der Waals surface area contributed by atoms with Crippen molar-refractivity contribution in [2.45, 2.75) is 226 Å². The summed E-state index contributed by atoms with van der Waals surface area (Å²) in [5.74, 6) is -0.942. The Morgan fingerprint density at radius 2 is 0.650 bits per heavy atom. The summed E-state index contributed by atoms with van der Waals surface area (Å²) < 4.78 is 16.6. The number of rotatable bonds is 43. The third-order valence-corrected chi connectivity index (χ3v) is 10.1. The molecule has 0 aromatic heterocycles. The van der Waals surface area contributed by atoms with Crippen molar-refractivity contribution >= 4 is 17.9 Å². The van der Waals surface area contributed by atoms with Gasteiger partial charge >= 0.3 is 17.9 Å². The second-order valence-electron chi connectivity index (χ2n) is 16.0. The van der Waals surface area contributed by atoms with E-state index >= 15 is 0 Å². The molecule has 0 saturated heterocycles. The lowest BCUT2D eigenvalue weighted by Crippen LogP contribution is -2.30. The first-order valence-corrected chi connectivity index (χ1v) is 24.6. The van der Waals surface area contributed by atoms with Crippen LogP contribution >= 0.6 is 0 Å². The number of esters is 3. The summed E-state index contributed by atoms with van der Waals surface area (Å²) in [5, 5.41) is 0. The van der Waals surface area contributed by atoms with Gasteiger partial charge in [-0.15, -0.1) is 0 Å². The Hall–Kier alpha value is -3.41. The molecule has 0 saturated carbocycles. The van der Waals surface area contributed by atoms with Crippen molar-refractivity contribution in [3.63, 3.8) is 0 Å². The maximum atomic E-state index is 12.7. The van der Waals surface area contributed by atoms with Gasteiger partial charge in [-0.05, 0) is 96.3 Å². The topological polar surface area (TPSA) is 78.9 Å². The maximum Gasteiger partial charge on any atom is 0.306 e. The molecule has 342 valence electrons. The average molecular weight is 835 g/mol. The van der Waals surface area contributed by atoms with Crippen LogP contribution in [0, 0.1) is 0 Å². The van der Waals surface area contributed by atoms with Crippen LogP contribution in [0.1, 0.15) is 220 Å². The van der Waals surface area contributed by atoms with E-state index in [-0.39, 0.29) is 31.1 Å². The van der Waals surface area contributed by atoms with E-state index in [2.05, 4.69) is 106 Å². The highest BCUT2D eigenvalue weighted by Crippen LogP contribution is 2.13. The molecule has 0 spiro atoms. The lowest BCUT2D eigenvalue weighted by Gasteiger charge is -2.18. The molecule has 0 aromatic rings. The SMILES string of the molecule is CC/C=C\C/C=C\C/C=C\C/C=C\C/C=C\C/C=C\CCCCCCC(=O)OCC(COC(=O)CCCCCCC)OC(=O)CCCCCCC/C=C\CCCCCCC. The van der Waals surface area contributed by atoms with Crippen LogP contribution < -0.4 is 0 Å². The minimum Gasteiger partial charge on any atom is -0.462 e. The Morgan fingerprint density at radius 3 is 1.03 bits per heavy atom. The van der Waals surface area contributed by atoms with E-state index in [1.807, 2.05) is 0 Å². The first-order chi connectivity index (χ1) is 29.5. The third kappa shape index (κ3) is 45.7. The average Bonchev–Trinajstić information content (AvgIpc) is 3.24. The van der Waals surface area contributed by atoms with Crippen LogP contribution in [0.5, 0.6) is 0 Å². The molecule has 0 aliphatic heterocycles. The van der Waals surface area contributed by atoms with Crippen molar-refractivity contribution in [1.82, 2.24) is 0 Å². The first kappa shape index (κ1) is 56.6. The molecule has 0 N–H and O–H groups in total. The molecule has 0 aromatic carbocycles. The Balaban J connectivity index is 4.24. The molecule has 6 heteroatoms. The molecule has 1 atom stereocenters. The van der Waals surface area contributed by atoms with Gasteiger partial charge in [-0.2, -0.15) is 0 Å². The van der Waals surface area contributed by atoms with Crippen molar-refractivity contribution in [2.75, 3.05) is 13.2 Å². The minimum atomic E-state index is -0.787. The largest absolute Gasteiger partial charge is 0.462 e. The molecule has 0 heterocycles. The second kappa shape index (κ2) is 48.3. The molecule has 0 aliphatic carbocycles.